The largest absolute Gasteiger partial charge is 0.369 e. The summed E-state index contributed by atoms with van der Waals surface area (Å²) in [4.78, 5) is 35.2. The van der Waals surface area contributed by atoms with E-state index < -0.39 is 0 Å². The molecule has 0 saturated carbocycles. The highest BCUT2D eigenvalue weighted by molar-refractivity contribution is 7.12. The van der Waals surface area contributed by atoms with Crippen LogP contribution < -0.4 is 16.0 Å². The number of hydrogen-bond donors (Lipinski definition) is 2. The number of nitrogens with one attached hydrogen (secondary N) is 1. The van der Waals surface area contributed by atoms with E-state index >= 15 is 0 Å². The monoisotopic (exact) mass is 424 g/mol. The SMILES string of the molecule is Cc1cc(C(=O)Nc2ccc(N3CCCC(C(N)=O)C3)nc2)c(C)n1-c1nccs1. The summed E-state index contributed by atoms with van der Waals surface area (Å²) in [6, 6.07) is 5.55. The lowest BCUT2D eigenvalue weighted by molar-refractivity contribution is -0.122. The number of aromatic nitrogens is 3. The lowest BCUT2D eigenvalue weighted by Gasteiger charge is -2.32. The Hall–Kier alpha value is -3.20. The molecule has 1 atom stereocenters. The van der Waals surface area contributed by atoms with Crippen LogP contribution in [0.4, 0.5) is 11.5 Å². The number of carbonyl (C=O) groups excluding carboxylic acids is 2. The number of pyridine rings is 1. The maximum Gasteiger partial charge on any atom is 0.257 e. The van der Waals surface area contributed by atoms with Crippen molar-refractivity contribution in [1.82, 2.24) is 14.5 Å². The number of anilines is 2. The predicted molar refractivity (Wildman–Crippen MR) is 117 cm³/mol. The molecule has 0 bridgehead atoms. The second-order valence-corrected chi connectivity index (χ2v) is 8.35. The number of primary amides is 1. The molecular formula is C21H24N6O2S. The van der Waals surface area contributed by atoms with Gasteiger partial charge in [-0.25, -0.2) is 9.97 Å². The summed E-state index contributed by atoms with van der Waals surface area (Å²) >= 11 is 1.53. The molecule has 2 amide bonds. The molecule has 3 aromatic rings. The van der Waals surface area contributed by atoms with Gasteiger partial charge in [-0.2, -0.15) is 0 Å². The van der Waals surface area contributed by atoms with Crippen LogP contribution in [0.25, 0.3) is 5.13 Å². The van der Waals surface area contributed by atoms with Crippen LogP contribution >= 0.6 is 11.3 Å². The molecule has 9 heteroatoms. The third-order valence-electron chi connectivity index (χ3n) is 5.44. The van der Waals surface area contributed by atoms with E-state index in [2.05, 4.69) is 20.2 Å². The van der Waals surface area contributed by atoms with Gasteiger partial charge in [-0.15, -0.1) is 11.3 Å². The Balaban J connectivity index is 1.47. The van der Waals surface area contributed by atoms with E-state index in [1.807, 2.05) is 42.0 Å². The van der Waals surface area contributed by atoms with Crippen molar-refractivity contribution in [3.8, 4) is 5.13 Å². The van der Waals surface area contributed by atoms with E-state index in [9.17, 15) is 9.59 Å². The average Bonchev–Trinajstić information content (AvgIpc) is 3.36. The van der Waals surface area contributed by atoms with Crippen molar-refractivity contribution in [2.24, 2.45) is 11.7 Å². The Bertz CT molecular complexity index is 1060. The number of thiazole rings is 1. The third kappa shape index (κ3) is 3.93. The zero-order chi connectivity index (χ0) is 21.3. The number of piperidine rings is 1. The van der Waals surface area contributed by atoms with Crippen molar-refractivity contribution < 1.29 is 9.59 Å². The summed E-state index contributed by atoms with van der Waals surface area (Å²) in [6.45, 7) is 5.29. The molecule has 30 heavy (non-hydrogen) atoms. The number of rotatable bonds is 5. The van der Waals surface area contributed by atoms with Crippen molar-refractivity contribution in [3.05, 3.63) is 52.9 Å². The van der Waals surface area contributed by atoms with Gasteiger partial charge in [-0.05, 0) is 44.9 Å². The molecule has 4 rings (SSSR count). The minimum absolute atomic E-state index is 0.145. The van der Waals surface area contributed by atoms with Crippen LogP contribution in [-0.2, 0) is 4.79 Å². The first-order valence-corrected chi connectivity index (χ1v) is 10.7. The second kappa shape index (κ2) is 8.27. The molecule has 1 unspecified atom stereocenters. The summed E-state index contributed by atoms with van der Waals surface area (Å²) in [7, 11) is 0. The number of aryl methyl sites for hydroxylation is 1. The Morgan fingerprint density at radius 2 is 2.10 bits per heavy atom. The minimum Gasteiger partial charge on any atom is -0.369 e. The van der Waals surface area contributed by atoms with Crippen molar-refractivity contribution in [2.45, 2.75) is 26.7 Å². The molecule has 3 N–H and O–H groups in total. The zero-order valence-corrected chi connectivity index (χ0v) is 17.8. The summed E-state index contributed by atoms with van der Waals surface area (Å²) in [5.41, 5.74) is 8.48. The van der Waals surface area contributed by atoms with Crippen molar-refractivity contribution in [1.29, 1.82) is 0 Å². The van der Waals surface area contributed by atoms with Gasteiger partial charge in [0, 0.05) is 36.1 Å². The van der Waals surface area contributed by atoms with E-state index in [1.54, 1.807) is 12.4 Å². The van der Waals surface area contributed by atoms with Crippen molar-refractivity contribution in [3.63, 3.8) is 0 Å². The maximum absolute atomic E-state index is 12.8. The molecule has 4 heterocycles. The van der Waals surface area contributed by atoms with E-state index in [0.717, 1.165) is 41.7 Å². The molecule has 3 aromatic heterocycles. The van der Waals surface area contributed by atoms with Crippen molar-refractivity contribution >= 4 is 34.7 Å². The summed E-state index contributed by atoms with van der Waals surface area (Å²) in [5.74, 6) is 0.181. The molecule has 156 valence electrons. The first-order chi connectivity index (χ1) is 14.4. The predicted octanol–water partition coefficient (Wildman–Crippen LogP) is 2.90. The fourth-order valence-corrected chi connectivity index (χ4v) is 4.63. The second-order valence-electron chi connectivity index (χ2n) is 7.48. The average molecular weight is 425 g/mol. The van der Waals surface area contributed by atoms with Crippen LogP contribution in [0, 0.1) is 19.8 Å². The molecule has 0 radical (unpaired) electrons. The lowest BCUT2D eigenvalue weighted by atomic mass is 9.97. The molecule has 0 aromatic carbocycles. The van der Waals surface area contributed by atoms with Crippen molar-refractivity contribution in [2.75, 3.05) is 23.3 Å². The highest BCUT2D eigenvalue weighted by atomic mass is 32.1. The number of nitrogens with two attached hydrogens (primary N) is 1. The fraction of sp³-hybridized carbons (Fsp3) is 0.333. The van der Waals surface area contributed by atoms with Gasteiger partial charge in [0.25, 0.3) is 5.91 Å². The first kappa shape index (κ1) is 20.1. The fourth-order valence-electron chi connectivity index (χ4n) is 3.88. The molecule has 1 aliphatic rings. The molecule has 0 spiro atoms. The van der Waals surface area contributed by atoms with Crippen LogP contribution in [0.5, 0.6) is 0 Å². The lowest BCUT2D eigenvalue weighted by Crippen LogP contribution is -2.41. The topological polar surface area (TPSA) is 106 Å². The minimum atomic E-state index is -0.265. The van der Waals surface area contributed by atoms with E-state index in [1.165, 1.54) is 11.3 Å². The van der Waals surface area contributed by atoms with Gasteiger partial charge in [0.15, 0.2) is 5.13 Å². The van der Waals surface area contributed by atoms with Gasteiger partial charge in [-0.1, -0.05) is 0 Å². The Morgan fingerprint density at radius 1 is 1.27 bits per heavy atom. The van der Waals surface area contributed by atoms with Crippen LogP contribution in [0.1, 0.15) is 34.6 Å². The van der Waals surface area contributed by atoms with E-state index in [0.29, 0.717) is 17.8 Å². The van der Waals surface area contributed by atoms with Gasteiger partial charge in [-0.3, -0.25) is 14.2 Å². The number of hydrogen-bond acceptors (Lipinski definition) is 6. The summed E-state index contributed by atoms with van der Waals surface area (Å²) < 4.78 is 1.98. The molecular weight excluding hydrogens is 400 g/mol. The molecule has 1 fully saturated rings. The van der Waals surface area contributed by atoms with Gasteiger partial charge in [0.2, 0.25) is 5.91 Å². The molecule has 1 aliphatic heterocycles. The van der Waals surface area contributed by atoms with E-state index in [-0.39, 0.29) is 17.7 Å². The normalized spacial score (nSPS) is 16.5. The van der Waals surface area contributed by atoms with Gasteiger partial charge in [0.05, 0.1) is 23.4 Å². The highest BCUT2D eigenvalue weighted by Crippen LogP contribution is 2.25. The third-order valence-corrected chi connectivity index (χ3v) is 6.20. The first-order valence-electron chi connectivity index (χ1n) is 9.84. The Morgan fingerprint density at radius 3 is 2.77 bits per heavy atom. The zero-order valence-electron chi connectivity index (χ0n) is 17.0. The molecule has 0 aliphatic carbocycles. The molecule has 8 nitrogen and oxygen atoms in total. The standard InChI is InChI=1S/C21H24N6O2S/c1-13-10-17(14(2)27(13)21-23-7-9-30-21)20(29)25-16-5-6-18(24-11-16)26-8-3-4-15(12-26)19(22)28/h5-7,9-11,15H,3-4,8,12H2,1-2H3,(H2,22,28)(H,25,29). The summed E-state index contributed by atoms with van der Waals surface area (Å²) in [5, 5.41) is 5.67. The van der Waals surface area contributed by atoms with Crippen LogP contribution in [0.2, 0.25) is 0 Å². The highest BCUT2D eigenvalue weighted by Gasteiger charge is 2.25. The van der Waals surface area contributed by atoms with Crippen LogP contribution in [-0.4, -0.2) is 39.4 Å². The van der Waals surface area contributed by atoms with Crippen LogP contribution in [0.15, 0.2) is 36.0 Å². The van der Waals surface area contributed by atoms with E-state index in [4.69, 9.17) is 5.73 Å². The Labute approximate surface area is 178 Å². The Kier molecular flexibility index (Phi) is 5.54. The number of carbonyl (C=O) groups is 2. The smallest absolute Gasteiger partial charge is 0.257 e. The quantitative estimate of drug-likeness (QED) is 0.655. The number of amides is 2. The summed E-state index contributed by atoms with van der Waals surface area (Å²) in [6.07, 6.45) is 5.11. The number of nitrogens with zero attached hydrogens (tertiary/aromatic N) is 4. The van der Waals surface area contributed by atoms with Gasteiger partial charge < -0.3 is 16.0 Å². The van der Waals surface area contributed by atoms with Crippen LogP contribution in [0.3, 0.4) is 0 Å². The maximum atomic E-state index is 12.8. The van der Waals surface area contributed by atoms with Gasteiger partial charge >= 0.3 is 0 Å². The van der Waals surface area contributed by atoms with Gasteiger partial charge in [0.1, 0.15) is 5.82 Å². The molecule has 1 saturated heterocycles.